The van der Waals surface area contributed by atoms with Crippen LogP contribution in [0.2, 0.25) is 5.02 Å². The minimum absolute atomic E-state index is 0.0313. The standard InChI is InChI=1S/C16H11BrClNO/c1-19-9-13(11-4-2-3-5-15(11)19)16(20)12-8-10(18)6-7-14(12)17/h2-9H,1H3. The third-order valence-corrected chi connectivity index (χ3v) is 4.24. The Labute approximate surface area is 130 Å². The van der Waals surface area contributed by atoms with Crippen molar-refractivity contribution in [1.82, 2.24) is 4.57 Å². The van der Waals surface area contributed by atoms with Crippen molar-refractivity contribution in [2.75, 3.05) is 0 Å². The van der Waals surface area contributed by atoms with E-state index in [4.69, 9.17) is 11.6 Å². The van der Waals surface area contributed by atoms with E-state index in [1.54, 1.807) is 18.2 Å². The molecule has 0 aliphatic heterocycles. The van der Waals surface area contributed by atoms with Gasteiger partial charge in [-0.05, 0) is 24.3 Å². The molecule has 0 bridgehead atoms. The van der Waals surface area contributed by atoms with Crippen LogP contribution in [-0.4, -0.2) is 10.4 Å². The molecule has 3 aromatic rings. The molecule has 0 unspecified atom stereocenters. The summed E-state index contributed by atoms with van der Waals surface area (Å²) in [6, 6.07) is 13.1. The molecule has 20 heavy (non-hydrogen) atoms. The normalized spacial score (nSPS) is 10.9. The number of rotatable bonds is 2. The van der Waals surface area contributed by atoms with E-state index >= 15 is 0 Å². The fourth-order valence-electron chi connectivity index (χ4n) is 2.34. The maximum absolute atomic E-state index is 12.7. The Morgan fingerprint density at radius 3 is 2.70 bits per heavy atom. The van der Waals surface area contributed by atoms with Crippen molar-refractivity contribution in [2.24, 2.45) is 7.05 Å². The molecule has 3 rings (SSSR count). The summed E-state index contributed by atoms with van der Waals surface area (Å²) in [5.41, 5.74) is 2.30. The van der Waals surface area contributed by atoms with Crippen LogP contribution in [0.1, 0.15) is 15.9 Å². The van der Waals surface area contributed by atoms with Crippen LogP contribution in [0.5, 0.6) is 0 Å². The second-order valence-electron chi connectivity index (χ2n) is 4.62. The maximum Gasteiger partial charge on any atom is 0.196 e. The molecule has 2 nitrogen and oxygen atoms in total. The van der Waals surface area contributed by atoms with E-state index in [2.05, 4.69) is 15.9 Å². The van der Waals surface area contributed by atoms with Crippen LogP contribution in [0, 0.1) is 0 Å². The lowest BCUT2D eigenvalue weighted by molar-refractivity contribution is 0.103. The van der Waals surface area contributed by atoms with E-state index < -0.39 is 0 Å². The number of para-hydroxylation sites is 1. The number of halogens is 2. The van der Waals surface area contributed by atoms with E-state index in [9.17, 15) is 4.79 Å². The van der Waals surface area contributed by atoms with Gasteiger partial charge < -0.3 is 4.57 Å². The Morgan fingerprint density at radius 1 is 1.15 bits per heavy atom. The maximum atomic E-state index is 12.7. The number of carbonyl (C=O) groups is 1. The number of benzene rings is 2. The Kier molecular flexibility index (Phi) is 3.40. The molecule has 0 spiro atoms. The molecule has 0 saturated carbocycles. The first-order valence-electron chi connectivity index (χ1n) is 6.12. The van der Waals surface area contributed by atoms with Gasteiger partial charge in [-0.15, -0.1) is 0 Å². The number of hydrogen-bond donors (Lipinski definition) is 0. The smallest absolute Gasteiger partial charge is 0.196 e. The number of nitrogens with zero attached hydrogens (tertiary/aromatic N) is 1. The first kappa shape index (κ1) is 13.4. The summed E-state index contributed by atoms with van der Waals surface area (Å²) in [4.78, 5) is 12.7. The number of fused-ring (bicyclic) bond motifs is 1. The van der Waals surface area contributed by atoms with Gasteiger partial charge in [-0.2, -0.15) is 0 Å². The predicted molar refractivity (Wildman–Crippen MR) is 85.5 cm³/mol. The van der Waals surface area contributed by atoms with Gasteiger partial charge in [0.25, 0.3) is 0 Å². The van der Waals surface area contributed by atoms with Crippen molar-refractivity contribution >= 4 is 44.2 Å². The summed E-state index contributed by atoms with van der Waals surface area (Å²) in [7, 11) is 1.94. The van der Waals surface area contributed by atoms with Crippen molar-refractivity contribution in [3.05, 3.63) is 69.3 Å². The monoisotopic (exact) mass is 347 g/mol. The third kappa shape index (κ3) is 2.17. The summed E-state index contributed by atoms with van der Waals surface area (Å²) in [6.07, 6.45) is 1.86. The van der Waals surface area contributed by atoms with Crippen molar-refractivity contribution in [3.63, 3.8) is 0 Å². The molecule has 0 radical (unpaired) electrons. The number of ketones is 1. The lowest BCUT2D eigenvalue weighted by Crippen LogP contribution is -2.01. The van der Waals surface area contributed by atoms with Gasteiger partial charge in [0.15, 0.2) is 5.78 Å². The summed E-state index contributed by atoms with van der Waals surface area (Å²) in [5.74, 6) is -0.0313. The Morgan fingerprint density at radius 2 is 1.90 bits per heavy atom. The van der Waals surface area contributed by atoms with Crippen LogP contribution in [0.3, 0.4) is 0 Å². The van der Waals surface area contributed by atoms with Crippen LogP contribution < -0.4 is 0 Å². The highest BCUT2D eigenvalue weighted by Gasteiger charge is 2.18. The zero-order valence-corrected chi connectivity index (χ0v) is 13.1. The first-order chi connectivity index (χ1) is 9.58. The largest absolute Gasteiger partial charge is 0.350 e. The number of hydrogen-bond acceptors (Lipinski definition) is 1. The molecule has 0 aliphatic carbocycles. The van der Waals surface area contributed by atoms with Crippen LogP contribution in [0.25, 0.3) is 10.9 Å². The quantitative estimate of drug-likeness (QED) is 0.608. The summed E-state index contributed by atoms with van der Waals surface area (Å²) >= 11 is 9.41. The summed E-state index contributed by atoms with van der Waals surface area (Å²) in [6.45, 7) is 0. The van der Waals surface area contributed by atoms with Crippen molar-refractivity contribution in [1.29, 1.82) is 0 Å². The fraction of sp³-hybridized carbons (Fsp3) is 0.0625. The van der Waals surface area contributed by atoms with Gasteiger partial charge >= 0.3 is 0 Å². The summed E-state index contributed by atoms with van der Waals surface area (Å²) < 4.78 is 2.71. The average molecular weight is 349 g/mol. The average Bonchev–Trinajstić information content (AvgIpc) is 2.79. The van der Waals surface area contributed by atoms with E-state index in [1.165, 1.54) is 0 Å². The highest BCUT2D eigenvalue weighted by atomic mass is 79.9. The Balaban J connectivity index is 2.20. The van der Waals surface area contributed by atoms with E-state index in [0.29, 0.717) is 16.1 Å². The molecule has 0 atom stereocenters. The minimum atomic E-state index is -0.0313. The van der Waals surface area contributed by atoms with Gasteiger partial charge in [-0.25, -0.2) is 0 Å². The van der Waals surface area contributed by atoms with Gasteiger partial charge in [0.1, 0.15) is 0 Å². The number of carbonyl (C=O) groups excluding carboxylic acids is 1. The topological polar surface area (TPSA) is 22.0 Å². The molecule has 0 amide bonds. The zero-order chi connectivity index (χ0) is 14.3. The number of aromatic nitrogens is 1. The molecular formula is C16H11BrClNO. The molecule has 1 heterocycles. The van der Waals surface area contributed by atoms with Crippen molar-refractivity contribution in [3.8, 4) is 0 Å². The molecular weight excluding hydrogens is 338 g/mol. The van der Waals surface area contributed by atoms with Gasteiger partial charge in [0.2, 0.25) is 0 Å². The van der Waals surface area contributed by atoms with Gasteiger partial charge in [-0.3, -0.25) is 4.79 Å². The molecule has 100 valence electrons. The minimum Gasteiger partial charge on any atom is -0.350 e. The molecule has 0 aliphatic rings. The molecule has 0 fully saturated rings. The van der Waals surface area contributed by atoms with Gasteiger partial charge in [0.05, 0.1) is 0 Å². The second kappa shape index (κ2) is 5.08. The van der Waals surface area contributed by atoms with Crippen LogP contribution >= 0.6 is 27.5 Å². The molecule has 4 heteroatoms. The lowest BCUT2D eigenvalue weighted by Gasteiger charge is -2.03. The number of aryl methyl sites for hydroxylation is 1. The van der Waals surface area contributed by atoms with Crippen LogP contribution in [0.15, 0.2) is 53.1 Å². The van der Waals surface area contributed by atoms with Gasteiger partial charge in [0, 0.05) is 44.8 Å². The fourth-order valence-corrected chi connectivity index (χ4v) is 2.94. The third-order valence-electron chi connectivity index (χ3n) is 3.31. The van der Waals surface area contributed by atoms with E-state index in [0.717, 1.165) is 15.4 Å². The predicted octanol–water partition coefficient (Wildman–Crippen LogP) is 4.83. The summed E-state index contributed by atoms with van der Waals surface area (Å²) in [5, 5.41) is 1.50. The molecule has 2 aromatic carbocycles. The van der Waals surface area contributed by atoms with Gasteiger partial charge in [-0.1, -0.05) is 45.7 Å². The first-order valence-corrected chi connectivity index (χ1v) is 7.29. The van der Waals surface area contributed by atoms with Crippen LogP contribution in [0.4, 0.5) is 0 Å². The highest BCUT2D eigenvalue weighted by molar-refractivity contribution is 9.10. The van der Waals surface area contributed by atoms with E-state index in [1.807, 2.05) is 42.1 Å². The van der Waals surface area contributed by atoms with Crippen molar-refractivity contribution in [2.45, 2.75) is 0 Å². The lowest BCUT2D eigenvalue weighted by atomic mass is 10.0. The highest BCUT2D eigenvalue weighted by Crippen LogP contribution is 2.27. The zero-order valence-electron chi connectivity index (χ0n) is 10.7. The Bertz CT molecular complexity index is 822. The second-order valence-corrected chi connectivity index (χ2v) is 5.91. The van der Waals surface area contributed by atoms with Crippen LogP contribution in [-0.2, 0) is 7.05 Å². The van der Waals surface area contributed by atoms with E-state index in [-0.39, 0.29) is 5.78 Å². The van der Waals surface area contributed by atoms with Crippen molar-refractivity contribution < 1.29 is 4.79 Å². The molecule has 1 aromatic heterocycles. The molecule has 0 saturated heterocycles. The molecule has 0 N–H and O–H groups in total. The Hall–Kier alpha value is -1.58. The SMILES string of the molecule is Cn1cc(C(=O)c2cc(Cl)ccc2Br)c2ccccc21.